The molecule has 1 N–H and O–H groups in total. The lowest BCUT2D eigenvalue weighted by atomic mass is 10.1. The van der Waals surface area contributed by atoms with E-state index < -0.39 is 0 Å². The Bertz CT molecular complexity index is 1650. The highest BCUT2D eigenvalue weighted by Gasteiger charge is 2.21. The van der Waals surface area contributed by atoms with Gasteiger partial charge in [-0.15, -0.1) is 10.2 Å². The Labute approximate surface area is 211 Å². The molecule has 6 rings (SSSR count). The van der Waals surface area contributed by atoms with Gasteiger partial charge in [0.25, 0.3) is 5.56 Å². The fraction of sp³-hybridized carbons (Fsp3) is 0.111. The zero-order valence-electron chi connectivity index (χ0n) is 19.5. The molecule has 36 heavy (non-hydrogen) atoms. The van der Waals surface area contributed by atoms with E-state index in [1.165, 1.54) is 11.8 Å². The van der Waals surface area contributed by atoms with Crippen molar-refractivity contribution in [3.05, 3.63) is 118 Å². The van der Waals surface area contributed by atoms with Crippen molar-refractivity contribution in [2.45, 2.75) is 23.1 Å². The molecule has 178 valence electrons. The Balaban J connectivity index is 1.37. The highest BCUT2D eigenvalue weighted by Crippen LogP contribution is 2.28. The first kappa shape index (κ1) is 22.1. The molecule has 4 heterocycles. The van der Waals surface area contributed by atoms with Crippen LogP contribution in [0.5, 0.6) is 0 Å². The average Bonchev–Trinajstić information content (AvgIpc) is 3.61. The lowest BCUT2D eigenvalue weighted by Crippen LogP contribution is -2.17. The van der Waals surface area contributed by atoms with Crippen LogP contribution in [0.3, 0.4) is 0 Å². The molecular weight excluding hydrogens is 472 g/mol. The highest BCUT2D eigenvalue weighted by atomic mass is 32.2. The summed E-state index contributed by atoms with van der Waals surface area (Å²) in [5.41, 5.74) is 4.16. The molecule has 8 nitrogen and oxygen atoms in total. The number of aromatic nitrogens is 6. The number of benzene rings is 2. The van der Waals surface area contributed by atoms with Gasteiger partial charge in [-0.05, 0) is 35.0 Å². The molecule has 2 aromatic carbocycles. The topological polar surface area (TPSA) is 94.5 Å². The van der Waals surface area contributed by atoms with Gasteiger partial charge in [0.1, 0.15) is 17.8 Å². The first-order chi connectivity index (χ1) is 17.6. The first-order valence-corrected chi connectivity index (χ1v) is 12.3. The van der Waals surface area contributed by atoms with Gasteiger partial charge in [0.05, 0.1) is 17.8 Å². The summed E-state index contributed by atoms with van der Waals surface area (Å²) in [7, 11) is 1.88. The molecule has 0 radical (unpaired) electrons. The number of aryl methyl sites for hydroxylation is 1. The molecule has 0 unspecified atom stereocenters. The van der Waals surface area contributed by atoms with Crippen LogP contribution in [0.4, 0.5) is 0 Å². The normalized spacial score (nSPS) is 11.4. The largest absolute Gasteiger partial charge is 0.454 e. The van der Waals surface area contributed by atoms with Gasteiger partial charge < -0.3 is 14.0 Å². The lowest BCUT2D eigenvalue weighted by molar-refractivity contribution is 0.437. The minimum atomic E-state index is -0.149. The second kappa shape index (κ2) is 9.35. The van der Waals surface area contributed by atoms with Gasteiger partial charge in [-0.1, -0.05) is 60.7 Å². The number of fused-ring (bicyclic) bond motifs is 1. The fourth-order valence-electron chi connectivity index (χ4n) is 4.11. The SMILES string of the molecule is Cn1cnnc1Sc1ccc(Cc2nc3c(Cc4ccccc4)[nH]c(-c4ccccc4)cn-3c2=O)o1. The van der Waals surface area contributed by atoms with Gasteiger partial charge in [0.2, 0.25) is 0 Å². The van der Waals surface area contributed by atoms with Crippen LogP contribution < -0.4 is 5.56 Å². The van der Waals surface area contributed by atoms with Crippen molar-refractivity contribution < 1.29 is 4.42 Å². The van der Waals surface area contributed by atoms with E-state index in [0.29, 0.717) is 35.2 Å². The number of nitrogens with one attached hydrogen (secondary N) is 1. The number of nitrogens with zero attached hydrogens (tertiary/aromatic N) is 5. The summed E-state index contributed by atoms with van der Waals surface area (Å²) in [5, 5.41) is 9.37. The lowest BCUT2D eigenvalue weighted by Gasteiger charge is -2.13. The molecule has 0 bridgehead atoms. The fourth-order valence-corrected chi connectivity index (χ4v) is 4.85. The predicted octanol–water partition coefficient (Wildman–Crippen LogP) is 4.72. The zero-order valence-corrected chi connectivity index (χ0v) is 20.3. The Hall–Kier alpha value is -4.37. The predicted molar refractivity (Wildman–Crippen MR) is 137 cm³/mol. The summed E-state index contributed by atoms with van der Waals surface area (Å²) in [4.78, 5) is 21.7. The van der Waals surface area contributed by atoms with Crippen LogP contribution in [0.25, 0.3) is 17.1 Å². The molecule has 0 aliphatic carbocycles. The van der Waals surface area contributed by atoms with Gasteiger partial charge >= 0.3 is 0 Å². The van der Waals surface area contributed by atoms with E-state index in [4.69, 9.17) is 9.40 Å². The van der Waals surface area contributed by atoms with Crippen LogP contribution >= 0.6 is 11.8 Å². The van der Waals surface area contributed by atoms with E-state index in [9.17, 15) is 4.79 Å². The number of hydrogen-bond acceptors (Lipinski definition) is 6. The molecule has 0 saturated carbocycles. The molecule has 9 heteroatoms. The number of H-pyrrole nitrogens is 1. The third kappa shape index (κ3) is 4.36. The van der Waals surface area contributed by atoms with Gasteiger partial charge in [0, 0.05) is 19.7 Å². The molecule has 0 saturated heterocycles. The summed E-state index contributed by atoms with van der Waals surface area (Å²) in [6.45, 7) is 0. The van der Waals surface area contributed by atoms with Gasteiger partial charge in [-0.3, -0.25) is 9.36 Å². The maximum Gasteiger partial charge on any atom is 0.278 e. The molecule has 0 fully saturated rings. The maximum atomic E-state index is 13.4. The Morgan fingerprint density at radius 1 is 0.972 bits per heavy atom. The van der Waals surface area contributed by atoms with Crippen LogP contribution in [0.2, 0.25) is 0 Å². The molecule has 2 aromatic heterocycles. The Morgan fingerprint density at radius 2 is 1.75 bits per heavy atom. The summed E-state index contributed by atoms with van der Waals surface area (Å²) >= 11 is 1.38. The molecule has 0 atom stereocenters. The molecule has 0 spiro atoms. The van der Waals surface area contributed by atoms with Crippen molar-refractivity contribution >= 4 is 11.8 Å². The summed E-state index contributed by atoms with van der Waals surface area (Å²) in [6, 6.07) is 23.9. The van der Waals surface area contributed by atoms with Gasteiger partial charge in [-0.25, -0.2) is 4.98 Å². The summed E-state index contributed by atoms with van der Waals surface area (Å²) < 4.78 is 9.43. The number of hydrogen-bond donors (Lipinski definition) is 1. The minimum absolute atomic E-state index is 0.149. The van der Waals surface area contributed by atoms with Crippen molar-refractivity contribution in [1.29, 1.82) is 0 Å². The molecule has 4 aromatic rings. The minimum Gasteiger partial charge on any atom is -0.454 e. The van der Waals surface area contributed by atoms with Crippen LogP contribution in [0, 0.1) is 0 Å². The standard InChI is InChI=1S/C27H22N6O2S/c1-32-17-28-31-27(32)36-24-13-12-20(35-24)15-22-26(34)33-16-23(19-10-6-3-7-11-19)29-21(25(33)30-22)14-18-8-4-2-5-9-18/h2-13,16-17,29H,14-15H2,1H3. The number of aromatic amines is 1. The van der Waals surface area contributed by atoms with Crippen molar-refractivity contribution in [2.75, 3.05) is 0 Å². The second-order valence-electron chi connectivity index (χ2n) is 8.46. The van der Waals surface area contributed by atoms with Crippen molar-refractivity contribution in [3.8, 4) is 17.1 Å². The monoisotopic (exact) mass is 494 g/mol. The van der Waals surface area contributed by atoms with E-state index in [0.717, 1.165) is 27.7 Å². The van der Waals surface area contributed by atoms with E-state index >= 15 is 0 Å². The van der Waals surface area contributed by atoms with E-state index in [-0.39, 0.29) is 5.56 Å². The zero-order chi connectivity index (χ0) is 24.5. The van der Waals surface area contributed by atoms with Gasteiger partial charge in [-0.2, -0.15) is 0 Å². The number of imidazole rings is 1. The van der Waals surface area contributed by atoms with Crippen LogP contribution in [-0.4, -0.2) is 29.3 Å². The van der Waals surface area contributed by atoms with Crippen molar-refractivity contribution in [2.24, 2.45) is 7.05 Å². The maximum absolute atomic E-state index is 13.4. The summed E-state index contributed by atoms with van der Waals surface area (Å²) in [5.74, 6) is 1.29. The van der Waals surface area contributed by atoms with E-state index in [2.05, 4.69) is 27.3 Å². The van der Waals surface area contributed by atoms with Crippen LogP contribution in [-0.2, 0) is 19.9 Å². The number of rotatable bonds is 7. The molecule has 2 aliphatic heterocycles. The van der Waals surface area contributed by atoms with E-state index in [1.54, 1.807) is 10.9 Å². The van der Waals surface area contributed by atoms with E-state index in [1.807, 2.05) is 78.5 Å². The molecule has 2 aliphatic rings. The third-order valence-corrected chi connectivity index (χ3v) is 6.87. The first-order valence-electron chi connectivity index (χ1n) is 11.5. The Kier molecular flexibility index (Phi) is 5.74. The second-order valence-corrected chi connectivity index (χ2v) is 9.43. The van der Waals surface area contributed by atoms with Gasteiger partial charge in [0.15, 0.2) is 16.1 Å². The Morgan fingerprint density at radius 3 is 2.50 bits per heavy atom. The quantitative estimate of drug-likeness (QED) is 0.345. The van der Waals surface area contributed by atoms with Crippen LogP contribution in [0.15, 0.2) is 105 Å². The number of furan rings is 1. The molecule has 0 amide bonds. The summed E-state index contributed by atoms with van der Waals surface area (Å²) in [6.07, 6.45) is 4.39. The average molecular weight is 495 g/mol. The smallest absolute Gasteiger partial charge is 0.278 e. The third-order valence-electron chi connectivity index (χ3n) is 5.90. The highest BCUT2D eigenvalue weighted by molar-refractivity contribution is 7.99. The van der Waals surface area contributed by atoms with Crippen molar-refractivity contribution in [3.63, 3.8) is 0 Å². The van der Waals surface area contributed by atoms with Crippen LogP contribution in [0.1, 0.15) is 22.7 Å². The van der Waals surface area contributed by atoms with Crippen molar-refractivity contribution in [1.82, 2.24) is 29.3 Å². The molecular formula is C27H22N6O2S.